The summed E-state index contributed by atoms with van der Waals surface area (Å²) < 4.78 is 10.1. The predicted octanol–water partition coefficient (Wildman–Crippen LogP) is 1.10. The summed E-state index contributed by atoms with van der Waals surface area (Å²) in [6.45, 7) is -0.0952. The number of hydrogen-bond acceptors (Lipinski definition) is 5. The Kier molecular flexibility index (Phi) is 3.77. The maximum atomic E-state index is 12.0. The van der Waals surface area contributed by atoms with Gasteiger partial charge in [0.05, 0.1) is 10.6 Å². The highest BCUT2D eigenvalue weighted by atomic mass is 16.6. The van der Waals surface area contributed by atoms with Crippen LogP contribution in [0.3, 0.4) is 0 Å². The van der Waals surface area contributed by atoms with E-state index < -0.39 is 11.2 Å². The van der Waals surface area contributed by atoms with Gasteiger partial charge in [0, 0.05) is 32.8 Å². The first-order chi connectivity index (χ1) is 9.08. The van der Waals surface area contributed by atoms with E-state index in [0.29, 0.717) is 12.1 Å². The highest BCUT2D eigenvalue weighted by Crippen LogP contribution is 2.35. The molecule has 0 aliphatic carbocycles. The molecule has 1 heterocycles. The molecule has 1 atom stereocenters. The Balaban J connectivity index is 2.40. The van der Waals surface area contributed by atoms with Gasteiger partial charge >= 0.3 is 0 Å². The fourth-order valence-corrected chi connectivity index (χ4v) is 2.17. The molecule has 0 fully saturated rings. The number of anilines is 1. The lowest BCUT2D eigenvalue weighted by atomic mass is 10.1. The van der Waals surface area contributed by atoms with Gasteiger partial charge in [0.2, 0.25) is 0 Å². The second kappa shape index (κ2) is 5.33. The van der Waals surface area contributed by atoms with Gasteiger partial charge < -0.3 is 9.47 Å². The van der Waals surface area contributed by atoms with Crippen LogP contribution in [0.15, 0.2) is 18.2 Å². The number of methoxy groups -OCH3 is 2. The maximum Gasteiger partial charge on any atom is 0.271 e. The molecule has 19 heavy (non-hydrogen) atoms. The monoisotopic (exact) mass is 266 g/mol. The number of carbonyl (C=O) groups excluding carboxylic acids is 1. The number of rotatable bonds is 4. The van der Waals surface area contributed by atoms with Crippen molar-refractivity contribution in [3.8, 4) is 0 Å². The van der Waals surface area contributed by atoms with E-state index in [-0.39, 0.29) is 18.2 Å². The molecule has 0 saturated carbocycles. The van der Waals surface area contributed by atoms with E-state index >= 15 is 0 Å². The minimum atomic E-state index is -0.487. The maximum absolute atomic E-state index is 12.0. The number of amides is 1. The lowest BCUT2D eigenvalue weighted by Crippen LogP contribution is -2.40. The van der Waals surface area contributed by atoms with Crippen LogP contribution in [0.4, 0.5) is 11.4 Å². The van der Waals surface area contributed by atoms with Crippen LogP contribution in [0.1, 0.15) is 5.56 Å². The zero-order valence-electron chi connectivity index (χ0n) is 10.7. The van der Waals surface area contributed by atoms with Gasteiger partial charge in [-0.15, -0.1) is 0 Å². The molecule has 2 rings (SSSR count). The number of ether oxygens (including phenoxy) is 2. The molecular weight excluding hydrogens is 252 g/mol. The number of carbonyl (C=O) groups is 1. The average molecular weight is 266 g/mol. The third-order valence-electron chi connectivity index (χ3n) is 3.03. The third-order valence-corrected chi connectivity index (χ3v) is 3.03. The highest BCUT2D eigenvalue weighted by molar-refractivity contribution is 5.97. The van der Waals surface area contributed by atoms with E-state index in [4.69, 9.17) is 9.47 Å². The molecule has 1 amide bonds. The summed E-state index contributed by atoms with van der Waals surface area (Å²) in [6, 6.07) is 4.47. The van der Waals surface area contributed by atoms with Gasteiger partial charge in [0.15, 0.2) is 0 Å². The largest absolute Gasteiger partial charge is 0.375 e. The van der Waals surface area contributed by atoms with Gasteiger partial charge in [-0.1, -0.05) is 0 Å². The van der Waals surface area contributed by atoms with Gasteiger partial charge in [-0.05, 0) is 11.6 Å². The first kappa shape index (κ1) is 13.4. The van der Waals surface area contributed by atoms with Crippen LogP contribution in [0.2, 0.25) is 0 Å². The molecule has 0 bridgehead atoms. The number of non-ortho nitro benzene ring substituents is 1. The summed E-state index contributed by atoms with van der Waals surface area (Å²) in [7, 11) is 2.92. The van der Waals surface area contributed by atoms with E-state index in [1.807, 2.05) is 0 Å². The molecule has 0 spiro atoms. The van der Waals surface area contributed by atoms with Crippen molar-refractivity contribution in [3.05, 3.63) is 33.9 Å². The van der Waals surface area contributed by atoms with Crippen molar-refractivity contribution >= 4 is 17.3 Å². The molecule has 1 aliphatic rings. The van der Waals surface area contributed by atoms with E-state index in [9.17, 15) is 14.9 Å². The molecular formula is C12H14N2O5. The summed E-state index contributed by atoms with van der Waals surface area (Å²) in [5.41, 5.74) is 1.32. The van der Waals surface area contributed by atoms with E-state index in [0.717, 1.165) is 5.56 Å². The summed E-state index contributed by atoms with van der Waals surface area (Å²) in [6.07, 6.45) is 0.0684. The normalized spacial score (nSPS) is 17.4. The van der Waals surface area contributed by atoms with E-state index in [1.165, 1.54) is 31.3 Å². The lowest BCUT2D eigenvalue weighted by Gasteiger charge is -2.23. The first-order valence-electron chi connectivity index (χ1n) is 5.69. The fourth-order valence-electron chi connectivity index (χ4n) is 2.17. The third kappa shape index (κ3) is 2.42. The second-order valence-corrected chi connectivity index (χ2v) is 4.16. The Bertz CT molecular complexity index is 517. The van der Waals surface area contributed by atoms with Gasteiger partial charge in [-0.3, -0.25) is 19.8 Å². The summed E-state index contributed by atoms with van der Waals surface area (Å²) in [5.74, 6) is -0.284. The van der Waals surface area contributed by atoms with Crippen LogP contribution in [0.5, 0.6) is 0 Å². The van der Waals surface area contributed by atoms with Crippen LogP contribution in [0, 0.1) is 10.1 Å². The van der Waals surface area contributed by atoms with E-state index in [2.05, 4.69) is 0 Å². The Morgan fingerprint density at radius 1 is 1.53 bits per heavy atom. The number of nitrogens with zero attached hydrogens (tertiary/aromatic N) is 2. The molecule has 7 nitrogen and oxygen atoms in total. The summed E-state index contributed by atoms with van der Waals surface area (Å²) >= 11 is 0. The second-order valence-electron chi connectivity index (χ2n) is 4.16. The van der Waals surface area contributed by atoms with Gasteiger partial charge in [0.1, 0.15) is 12.8 Å². The minimum absolute atomic E-state index is 0.0503. The van der Waals surface area contributed by atoms with Crippen molar-refractivity contribution in [1.82, 2.24) is 0 Å². The minimum Gasteiger partial charge on any atom is -0.375 e. The van der Waals surface area contributed by atoms with Crippen molar-refractivity contribution in [3.63, 3.8) is 0 Å². The van der Waals surface area contributed by atoms with Crippen LogP contribution >= 0.6 is 0 Å². The molecule has 1 unspecified atom stereocenters. The smallest absolute Gasteiger partial charge is 0.271 e. The van der Waals surface area contributed by atoms with Crippen molar-refractivity contribution in [1.29, 1.82) is 0 Å². The van der Waals surface area contributed by atoms with Crippen molar-refractivity contribution in [2.24, 2.45) is 0 Å². The Hall–Kier alpha value is -1.99. The summed E-state index contributed by atoms with van der Waals surface area (Å²) in [4.78, 5) is 23.7. The molecule has 0 radical (unpaired) electrons. The zero-order chi connectivity index (χ0) is 14.0. The van der Waals surface area contributed by atoms with Crippen LogP contribution < -0.4 is 4.90 Å². The molecule has 1 aliphatic heterocycles. The van der Waals surface area contributed by atoms with Crippen molar-refractivity contribution in [2.45, 2.75) is 12.6 Å². The summed E-state index contributed by atoms with van der Waals surface area (Å²) in [5, 5.41) is 10.8. The van der Waals surface area contributed by atoms with E-state index in [1.54, 1.807) is 6.07 Å². The number of hydrogen-bond donors (Lipinski definition) is 0. The average Bonchev–Trinajstić information content (AvgIpc) is 2.76. The molecule has 0 saturated heterocycles. The Labute approximate surface area is 109 Å². The van der Waals surface area contributed by atoms with Crippen molar-refractivity contribution < 1.29 is 19.2 Å². The molecule has 102 valence electrons. The predicted molar refractivity (Wildman–Crippen MR) is 67.0 cm³/mol. The van der Waals surface area contributed by atoms with Crippen molar-refractivity contribution in [2.75, 3.05) is 25.7 Å². The molecule has 0 aromatic heterocycles. The fraction of sp³-hybridized carbons (Fsp3) is 0.417. The number of benzene rings is 1. The SMILES string of the molecule is COCC(=O)N1c2cc([N+](=O)[O-])ccc2CC1OC. The lowest BCUT2D eigenvalue weighted by molar-refractivity contribution is -0.384. The Morgan fingerprint density at radius 2 is 2.26 bits per heavy atom. The quantitative estimate of drug-likeness (QED) is 0.602. The standard InChI is InChI=1S/C12H14N2O5/c1-18-7-11(15)13-10-6-9(14(16)17)4-3-8(10)5-12(13)19-2/h3-4,6,12H,5,7H2,1-2H3. The first-order valence-corrected chi connectivity index (χ1v) is 5.69. The van der Waals surface area contributed by atoms with Gasteiger partial charge in [0.25, 0.3) is 11.6 Å². The number of fused-ring (bicyclic) bond motifs is 1. The number of nitro groups is 1. The highest BCUT2D eigenvalue weighted by Gasteiger charge is 2.34. The topological polar surface area (TPSA) is 81.9 Å². The van der Waals surface area contributed by atoms with Gasteiger partial charge in [-0.25, -0.2) is 0 Å². The van der Waals surface area contributed by atoms with Crippen LogP contribution in [0.25, 0.3) is 0 Å². The molecule has 0 N–H and O–H groups in total. The molecule has 1 aromatic carbocycles. The van der Waals surface area contributed by atoms with Crippen LogP contribution in [-0.2, 0) is 20.7 Å². The Morgan fingerprint density at radius 3 is 2.84 bits per heavy atom. The van der Waals surface area contributed by atoms with Crippen LogP contribution in [-0.4, -0.2) is 37.9 Å². The van der Waals surface area contributed by atoms with Gasteiger partial charge in [-0.2, -0.15) is 0 Å². The molecule has 1 aromatic rings. The zero-order valence-corrected chi connectivity index (χ0v) is 10.7. The molecule has 7 heteroatoms. The number of nitro benzene ring substituents is 1.